The first-order valence-electron chi connectivity index (χ1n) is 4.17. The Bertz CT molecular complexity index is 480. The maximum absolute atomic E-state index is 10.8. The van der Waals surface area contributed by atoms with Gasteiger partial charge >= 0.3 is 29.6 Å². The number of carboxylic acid groups (broad SMARTS) is 1. The fraction of sp³-hybridized carbons (Fsp3) is 0.100. The van der Waals surface area contributed by atoms with Crippen LogP contribution in [-0.2, 0) is 7.05 Å². The summed E-state index contributed by atoms with van der Waals surface area (Å²) in [5, 5.41) is 11.5. The molecule has 5 heteroatoms. The van der Waals surface area contributed by atoms with Crippen LogP contribution in [0.3, 0.4) is 0 Å². The number of nitrogens with two attached hydrogens (primary N) is 1. The number of nitrogen functional groups attached to an aromatic ring is 1. The molecule has 0 radical (unpaired) electrons. The minimum absolute atomic E-state index is 0. The van der Waals surface area contributed by atoms with Crippen molar-refractivity contribution in [3.8, 4) is 0 Å². The van der Waals surface area contributed by atoms with Crippen LogP contribution in [0.15, 0.2) is 24.3 Å². The second-order valence-corrected chi connectivity index (χ2v) is 3.13. The predicted octanol–water partition coefficient (Wildman–Crippen LogP) is -2.87. The number of benzene rings is 1. The molecule has 0 aliphatic heterocycles. The minimum atomic E-state index is -1.25. The number of hydrogen-bond acceptors (Lipinski definition) is 3. The van der Waals surface area contributed by atoms with Gasteiger partial charge in [0.05, 0.1) is 22.9 Å². The number of carboxylic acids is 1. The van der Waals surface area contributed by atoms with Gasteiger partial charge in [-0.1, -0.05) is 18.2 Å². The van der Waals surface area contributed by atoms with E-state index in [1.165, 1.54) is 4.57 Å². The van der Waals surface area contributed by atoms with E-state index >= 15 is 0 Å². The molecule has 1 heterocycles. The number of hydrogen-bond donors (Lipinski definition) is 1. The van der Waals surface area contributed by atoms with E-state index in [9.17, 15) is 9.90 Å². The molecule has 0 spiro atoms. The van der Waals surface area contributed by atoms with Crippen LogP contribution >= 0.6 is 0 Å². The van der Waals surface area contributed by atoms with E-state index in [2.05, 4.69) is 0 Å². The Morgan fingerprint density at radius 3 is 2.53 bits per heavy atom. The molecule has 2 N–H and O–H groups in total. The monoisotopic (exact) mass is 212 g/mol. The maximum atomic E-state index is 10.8. The summed E-state index contributed by atoms with van der Waals surface area (Å²) in [7, 11) is 1.66. The van der Waals surface area contributed by atoms with Crippen molar-refractivity contribution in [1.29, 1.82) is 0 Å². The van der Waals surface area contributed by atoms with Gasteiger partial charge in [-0.05, 0) is 6.07 Å². The molecule has 72 valence electrons. The molecule has 0 atom stereocenters. The van der Waals surface area contributed by atoms with Gasteiger partial charge in [0, 0.05) is 12.4 Å². The van der Waals surface area contributed by atoms with Crippen molar-refractivity contribution in [2.24, 2.45) is 7.05 Å². The number of rotatable bonds is 1. The zero-order valence-electron chi connectivity index (χ0n) is 8.65. The van der Waals surface area contributed by atoms with E-state index in [4.69, 9.17) is 5.73 Å². The van der Waals surface area contributed by atoms with Gasteiger partial charge in [-0.3, -0.25) is 0 Å². The van der Waals surface area contributed by atoms with Crippen molar-refractivity contribution in [1.82, 2.24) is 4.57 Å². The summed E-state index contributed by atoms with van der Waals surface area (Å²) in [6.07, 6.45) is 0. The standard InChI is InChI=1S/C10H10N2O2.Na/c1-12-7-5-3-2-4-6(7)8(11)9(12)10(13)14;/h2-5H,11H2,1H3,(H,13,14);/q;+1/p-1. The SMILES string of the molecule is Cn1c(C(=O)[O-])c(N)c2ccccc21.[Na+]. The molecule has 2 rings (SSSR count). The third kappa shape index (κ3) is 1.76. The summed E-state index contributed by atoms with van der Waals surface area (Å²) in [5.41, 5.74) is 6.79. The van der Waals surface area contributed by atoms with Gasteiger partial charge in [0.2, 0.25) is 0 Å². The Balaban J connectivity index is 0.00000112. The number of nitrogens with zero attached hydrogens (tertiary/aromatic N) is 1. The Morgan fingerprint density at radius 2 is 2.00 bits per heavy atom. The van der Waals surface area contributed by atoms with Crippen molar-refractivity contribution < 1.29 is 39.5 Å². The van der Waals surface area contributed by atoms with Crippen LogP contribution in [0.25, 0.3) is 10.9 Å². The molecule has 0 bridgehead atoms. The van der Waals surface area contributed by atoms with Crippen molar-refractivity contribution in [2.45, 2.75) is 0 Å². The fourth-order valence-corrected chi connectivity index (χ4v) is 1.67. The number of carbonyl (C=O) groups is 1. The Labute approximate surface area is 109 Å². The third-order valence-electron chi connectivity index (χ3n) is 2.34. The van der Waals surface area contributed by atoms with E-state index in [1.54, 1.807) is 13.1 Å². The van der Waals surface area contributed by atoms with E-state index < -0.39 is 5.97 Å². The maximum Gasteiger partial charge on any atom is 1.00 e. The summed E-state index contributed by atoms with van der Waals surface area (Å²) in [4.78, 5) is 10.8. The second-order valence-electron chi connectivity index (χ2n) is 3.13. The summed E-state index contributed by atoms with van der Waals surface area (Å²) < 4.78 is 1.53. The van der Waals surface area contributed by atoms with Crippen molar-refractivity contribution >= 4 is 22.6 Å². The first-order chi connectivity index (χ1) is 6.63. The van der Waals surface area contributed by atoms with E-state index in [0.717, 1.165) is 10.9 Å². The average molecular weight is 212 g/mol. The molecule has 1 aromatic carbocycles. The second kappa shape index (κ2) is 4.26. The first kappa shape index (κ1) is 12.1. The first-order valence-corrected chi connectivity index (χ1v) is 4.17. The summed E-state index contributed by atoms with van der Waals surface area (Å²) >= 11 is 0. The molecule has 0 aliphatic rings. The van der Waals surface area contributed by atoms with Crippen molar-refractivity contribution in [3.05, 3.63) is 30.0 Å². The van der Waals surface area contributed by atoms with Gasteiger partial charge in [-0.15, -0.1) is 0 Å². The van der Waals surface area contributed by atoms with Crippen molar-refractivity contribution in [2.75, 3.05) is 5.73 Å². The third-order valence-corrected chi connectivity index (χ3v) is 2.34. The zero-order valence-corrected chi connectivity index (χ0v) is 10.7. The number of anilines is 1. The van der Waals surface area contributed by atoms with Gasteiger partial charge in [0.25, 0.3) is 0 Å². The van der Waals surface area contributed by atoms with Gasteiger partial charge in [0.1, 0.15) is 0 Å². The van der Waals surface area contributed by atoms with Crippen LogP contribution in [0.5, 0.6) is 0 Å². The van der Waals surface area contributed by atoms with Gasteiger partial charge in [-0.2, -0.15) is 0 Å². The predicted molar refractivity (Wildman–Crippen MR) is 51.7 cm³/mol. The van der Waals surface area contributed by atoms with Crippen molar-refractivity contribution in [3.63, 3.8) is 0 Å². The van der Waals surface area contributed by atoms with Gasteiger partial charge in [-0.25, -0.2) is 0 Å². The molecule has 2 aromatic rings. The average Bonchev–Trinajstić information content (AvgIpc) is 2.41. The summed E-state index contributed by atoms with van der Waals surface area (Å²) in [6.45, 7) is 0. The van der Waals surface area contributed by atoms with Gasteiger partial charge in [0.15, 0.2) is 0 Å². The fourth-order valence-electron chi connectivity index (χ4n) is 1.67. The van der Waals surface area contributed by atoms with Crippen LogP contribution < -0.4 is 40.4 Å². The van der Waals surface area contributed by atoms with Crippen LogP contribution in [0.4, 0.5) is 5.69 Å². The molecule has 15 heavy (non-hydrogen) atoms. The minimum Gasteiger partial charge on any atom is -0.543 e. The van der Waals surface area contributed by atoms with Crippen LogP contribution in [-0.4, -0.2) is 10.5 Å². The number of fused-ring (bicyclic) bond motifs is 1. The quantitative estimate of drug-likeness (QED) is 0.516. The Hall–Kier alpha value is -0.970. The number of para-hydroxylation sites is 1. The summed E-state index contributed by atoms with van der Waals surface area (Å²) in [5.74, 6) is -1.25. The molecule has 0 saturated carbocycles. The van der Waals surface area contributed by atoms with Crippen LogP contribution in [0.2, 0.25) is 0 Å². The van der Waals surface area contributed by atoms with Gasteiger partial charge < -0.3 is 20.2 Å². The zero-order chi connectivity index (χ0) is 10.3. The number of aryl methyl sites for hydroxylation is 1. The molecule has 0 aliphatic carbocycles. The smallest absolute Gasteiger partial charge is 0.543 e. The largest absolute Gasteiger partial charge is 1.00 e. The Kier molecular flexibility index (Phi) is 3.44. The molecule has 0 amide bonds. The van der Waals surface area contributed by atoms with Crippen LogP contribution in [0, 0.1) is 0 Å². The number of aromatic carboxylic acids is 1. The molecular formula is C10H9N2NaO2. The molecule has 0 fully saturated rings. The number of carbonyl (C=O) groups excluding carboxylic acids is 1. The number of aromatic nitrogens is 1. The molecule has 1 aromatic heterocycles. The normalized spacial score (nSPS) is 9.93. The molecule has 4 nitrogen and oxygen atoms in total. The summed E-state index contributed by atoms with van der Waals surface area (Å²) in [6, 6.07) is 7.26. The Morgan fingerprint density at radius 1 is 1.40 bits per heavy atom. The van der Waals surface area contributed by atoms with E-state index in [-0.39, 0.29) is 40.9 Å². The molecule has 0 saturated heterocycles. The molecule has 0 unspecified atom stereocenters. The topological polar surface area (TPSA) is 71.1 Å². The van der Waals surface area contributed by atoms with E-state index in [0.29, 0.717) is 0 Å². The van der Waals surface area contributed by atoms with Crippen LogP contribution in [0.1, 0.15) is 10.5 Å². The molecular weight excluding hydrogens is 203 g/mol. The van der Waals surface area contributed by atoms with E-state index in [1.807, 2.05) is 18.2 Å².